The summed E-state index contributed by atoms with van der Waals surface area (Å²) in [5.41, 5.74) is 24.7. The van der Waals surface area contributed by atoms with E-state index in [9.17, 15) is 0 Å². The van der Waals surface area contributed by atoms with Crippen LogP contribution in [-0.2, 0) is 10.8 Å². The molecule has 2 saturated carbocycles. The molecule has 0 spiro atoms. The first-order valence-corrected chi connectivity index (χ1v) is 27.1. The van der Waals surface area contributed by atoms with Gasteiger partial charge in [0.05, 0.1) is 11.1 Å². The van der Waals surface area contributed by atoms with E-state index in [0.29, 0.717) is 0 Å². The molecule has 4 heteroatoms. The van der Waals surface area contributed by atoms with E-state index in [4.69, 9.17) is 0 Å². The van der Waals surface area contributed by atoms with Gasteiger partial charge in [0, 0.05) is 50.6 Å². The molecule has 9 aromatic rings. The second kappa shape index (κ2) is 15.7. The number of anilines is 7. The van der Waals surface area contributed by atoms with Crippen LogP contribution in [0.5, 0.6) is 0 Å². The van der Waals surface area contributed by atoms with Crippen molar-refractivity contribution in [2.75, 3.05) is 14.7 Å². The number of para-hydroxylation sites is 1. The third kappa shape index (κ3) is 5.78. The van der Waals surface area contributed by atoms with Crippen molar-refractivity contribution in [3.05, 3.63) is 229 Å². The summed E-state index contributed by atoms with van der Waals surface area (Å²) in [5.74, 6) is 0. The minimum Gasteiger partial charge on any atom is -0.335 e. The van der Waals surface area contributed by atoms with E-state index in [0.717, 1.165) is 19.3 Å². The number of hydrogen-bond acceptors (Lipinski definition) is 3. The zero-order valence-electron chi connectivity index (χ0n) is 42.3. The van der Waals surface area contributed by atoms with Crippen LogP contribution in [0.15, 0.2) is 212 Å². The molecule has 73 heavy (non-hydrogen) atoms. The average Bonchev–Trinajstić information content (AvgIpc) is 3.82. The molecule has 0 saturated heterocycles. The lowest BCUT2D eigenvalue weighted by atomic mass is 9.33. The highest BCUT2D eigenvalue weighted by molar-refractivity contribution is 7.00. The first kappa shape index (κ1) is 43.1. The van der Waals surface area contributed by atoms with Gasteiger partial charge in [-0.25, -0.2) is 0 Å². The maximum absolute atomic E-state index is 2.93. The van der Waals surface area contributed by atoms with Crippen LogP contribution in [0.1, 0.15) is 88.8 Å². The summed E-state index contributed by atoms with van der Waals surface area (Å²) >= 11 is 0. The molecule has 0 aromatic heterocycles. The van der Waals surface area contributed by atoms with Gasteiger partial charge in [-0.15, -0.1) is 0 Å². The maximum Gasteiger partial charge on any atom is 0.252 e. The summed E-state index contributed by atoms with van der Waals surface area (Å²) in [5, 5.41) is 0. The van der Waals surface area contributed by atoms with Crippen molar-refractivity contribution in [1.29, 1.82) is 0 Å². The minimum atomic E-state index is -0.224. The quantitative estimate of drug-likeness (QED) is 0.154. The molecule has 2 aliphatic carbocycles. The summed E-state index contributed by atoms with van der Waals surface area (Å²) in [6, 6.07) is 81.5. The van der Waals surface area contributed by atoms with E-state index < -0.39 is 0 Å². The monoisotopic (exact) mass is 941 g/mol. The Morgan fingerprint density at radius 1 is 0.370 bits per heavy atom. The van der Waals surface area contributed by atoms with Gasteiger partial charge in [0.15, 0.2) is 0 Å². The second-order valence-corrected chi connectivity index (χ2v) is 22.8. The van der Waals surface area contributed by atoms with E-state index in [1.807, 2.05) is 0 Å². The molecule has 0 amide bonds. The molecule has 4 heterocycles. The van der Waals surface area contributed by atoms with Crippen LogP contribution in [-0.4, -0.2) is 17.8 Å². The van der Waals surface area contributed by atoms with Gasteiger partial charge >= 0.3 is 0 Å². The van der Waals surface area contributed by atoms with Gasteiger partial charge in [-0.2, -0.15) is 0 Å². The fourth-order valence-corrected chi connectivity index (χ4v) is 15.9. The summed E-state index contributed by atoms with van der Waals surface area (Å²) < 4.78 is 0. The Morgan fingerprint density at radius 3 is 1.68 bits per heavy atom. The van der Waals surface area contributed by atoms with Gasteiger partial charge in [0.1, 0.15) is 0 Å². The molecule has 2 fully saturated rings. The molecule has 4 unspecified atom stereocenters. The Hall–Kier alpha value is -7.56. The Labute approximate surface area is 431 Å². The number of hydrogen-bond donors (Lipinski definition) is 0. The Balaban J connectivity index is 1.07. The Bertz CT molecular complexity index is 3670. The molecule has 3 nitrogen and oxygen atoms in total. The van der Waals surface area contributed by atoms with Crippen LogP contribution >= 0.6 is 0 Å². The highest BCUT2D eigenvalue weighted by atomic mass is 15.3. The number of fused-ring (bicyclic) bond motifs is 10. The standard InChI is InChI=1S/C69H60BN3/c1-66-37-18-19-38-67(66,2)73-63-46-55(72-60-34-17-16-33-56(60)69(53-30-14-7-15-31-53)40-21-20-39-68(69,72)3)45-62-64(63)70(59-43-52(42-57(66)65(59)73)49-27-12-6-13-28-49)58-36-35-51(48-25-10-5-11-26-48)44-61(58)71(62)54-32-22-29-50(41-54)47-23-8-4-9-24-47/h4-17,22-36,41-46H,18-21,37-40H2,1-3H3. The van der Waals surface area contributed by atoms with Crippen molar-refractivity contribution in [3.8, 4) is 33.4 Å². The first-order valence-electron chi connectivity index (χ1n) is 27.1. The average molecular weight is 942 g/mol. The number of nitrogens with zero attached hydrogens (tertiary/aromatic N) is 3. The third-order valence-corrected chi connectivity index (χ3v) is 19.4. The lowest BCUT2D eigenvalue weighted by Gasteiger charge is -2.54. The number of rotatable bonds is 6. The summed E-state index contributed by atoms with van der Waals surface area (Å²) in [7, 11) is 0. The lowest BCUT2D eigenvalue weighted by molar-refractivity contribution is 0.195. The predicted molar refractivity (Wildman–Crippen MR) is 308 cm³/mol. The number of benzene rings is 9. The van der Waals surface area contributed by atoms with Gasteiger partial charge in [-0.1, -0.05) is 202 Å². The van der Waals surface area contributed by atoms with Crippen LogP contribution in [0.25, 0.3) is 33.4 Å². The van der Waals surface area contributed by atoms with Crippen LogP contribution in [0.2, 0.25) is 0 Å². The second-order valence-electron chi connectivity index (χ2n) is 22.8. The summed E-state index contributed by atoms with van der Waals surface area (Å²) in [4.78, 5) is 8.46. The molecule has 0 radical (unpaired) electrons. The summed E-state index contributed by atoms with van der Waals surface area (Å²) in [6.07, 6.45) is 9.42. The zero-order valence-corrected chi connectivity index (χ0v) is 42.3. The van der Waals surface area contributed by atoms with Crippen molar-refractivity contribution in [2.45, 2.75) is 94.0 Å². The van der Waals surface area contributed by atoms with Crippen molar-refractivity contribution >= 4 is 62.9 Å². The highest BCUT2D eigenvalue weighted by Gasteiger charge is 2.64. The molecular formula is C69H60BN3. The van der Waals surface area contributed by atoms with Gasteiger partial charge in [-0.05, 0) is 148 Å². The molecule has 0 N–H and O–H groups in total. The van der Waals surface area contributed by atoms with E-state index in [1.165, 1.54) is 138 Å². The smallest absolute Gasteiger partial charge is 0.252 e. The fraction of sp³-hybridized carbons (Fsp3) is 0.217. The molecule has 6 aliphatic rings. The zero-order chi connectivity index (χ0) is 48.7. The van der Waals surface area contributed by atoms with E-state index in [2.05, 4.69) is 248 Å². The molecule has 0 bridgehead atoms. The SMILES string of the molecule is CC12CCCCC1(C)N1c3cc(N4c5ccccc5C5(c6ccccc6)CCCCC45C)cc4c3B(c3ccc(-c5ccccc5)cc3N4c3cccc(-c4ccccc4)c3)c3cc(-c4ccccc4)cc2c31. The minimum absolute atomic E-state index is 0.00739. The molecular weight excluding hydrogens is 882 g/mol. The van der Waals surface area contributed by atoms with E-state index >= 15 is 0 Å². The predicted octanol–water partition coefficient (Wildman–Crippen LogP) is 15.8. The highest BCUT2D eigenvalue weighted by Crippen LogP contribution is 2.66. The van der Waals surface area contributed by atoms with E-state index in [1.54, 1.807) is 0 Å². The molecule has 4 atom stereocenters. The van der Waals surface area contributed by atoms with Gasteiger partial charge in [-0.3, -0.25) is 0 Å². The van der Waals surface area contributed by atoms with Crippen molar-refractivity contribution < 1.29 is 0 Å². The fourth-order valence-electron chi connectivity index (χ4n) is 15.9. The van der Waals surface area contributed by atoms with E-state index in [-0.39, 0.29) is 28.6 Å². The normalized spacial score (nSPS) is 23.8. The van der Waals surface area contributed by atoms with Gasteiger partial charge < -0.3 is 14.7 Å². The Kier molecular flexibility index (Phi) is 9.28. The third-order valence-electron chi connectivity index (χ3n) is 19.4. The van der Waals surface area contributed by atoms with Crippen LogP contribution in [0.4, 0.5) is 39.8 Å². The van der Waals surface area contributed by atoms with Gasteiger partial charge in [0.2, 0.25) is 0 Å². The Morgan fingerprint density at radius 2 is 0.959 bits per heavy atom. The van der Waals surface area contributed by atoms with Crippen molar-refractivity contribution in [3.63, 3.8) is 0 Å². The molecule has 354 valence electrons. The molecule has 4 aliphatic heterocycles. The largest absolute Gasteiger partial charge is 0.335 e. The summed E-state index contributed by atoms with van der Waals surface area (Å²) in [6.45, 7) is 7.88. The maximum atomic E-state index is 2.93. The lowest BCUT2D eigenvalue weighted by Crippen LogP contribution is -2.64. The van der Waals surface area contributed by atoms with Crippen LogP contribution in [0.3, 0.4) is 0 Å². The first-order chi connectivity index (χ1) is 35.8. The molecule has 9 aromatic carbocycles. The van der Waals surface area contributed by atoms with Crippen molar-refractivity contribution in [1.82, 2.24) is 0 Å². The van der Waals surface area contributed by atoms with Crippen molar-refractivity contribution in [2.24, 2.45) is 0 Å². The van der Waals surface area contributed by atoms with Gasteiger partial charge in [0.25, 0.3) is 6.71 Å². The topological polar surface area (TPSA) is 9.72 Å². The van der Waals surface area contributed by atoms with Crippen LogP contribution < -0.4 is 31.1 Å². The van der Waals surface area contributed by atoms with Crippen LogP contribution in [0, 0.1) is 0 Å². The molecule has 15 rings (SSSR count).